The highest BCUT2D eigenvalue weighted by molar-refractivity contribution is 4.78. The van der Waals surface area contributed by atoms with E-state index < -0.39 is 0 Å². The third-order valence-electron chi connectivity index (χ3n) is 3.03. The van der Waals surface area contributed by atoms with Gasteiger partial charge in [0, 0.05) is 25.7 Å². The zero-order chi connectivity index (χ0) is 9.10. The van der Waals surface area contributed by atoms with Crippen LogP contribution in [0.4, 0.5) is 0 Å². The molecule has 0 bridgehead atoms. The van der Waals surface area contributed by atoms with Crippen LogP contribution in [0.3, 0.4) is 0 Å². The van der Waals surface area contributed by atoms with Crippen LogP contribution >= 0.6 is 0 Å². The molecule has 2 atom stereocenters. The Balaban J connectivity index is 1.73. The first-order valence-corrected chi connectivity index (χ1v) is 5.44. The molecule has 76 valence electrons. The topological polar surface area (TPSA) is 38.5 Å². The van der Waals surface area contributed by atoms with Crippen LogP contribution in [0.15, 0.2) is 0 Å². The van der Waals surface area contributed by atoms with Crippen LogP contribution < -0.4 is 5.73 Å². The number of hydrogen-bond acceptors (Lipinski definition) is 3. The molecule has 0 aliphatic carbocycles. The molecule has 13 heavy (non-hydrogen) atoms. The zero-order valence-electron chi connectivity index (χ0n) is 8.24. The molecular formula is C10H20N2O. The maximum atomic E-state index is 5.92. The van der Waals surface area contributed by atoms with Gasteiger partial charge in [0.25, 0.3) is 0 Å². The zero-order valence-corrected chi connectivity index (χ0v) is 8.24. The van der Waals surface area contributed by atoms with E-state index in [2.05, 4.69) is 4.90 Å². The number of rotatable bonds is 2. The quantitative estimate of drug-likeness (QED) is 0.682. The van der Waals surface area contributed by atoms with Gasteiger partial charge in [-0.2, -0.15) is 0 Å². The van der Waals surface area contributed by atoms with Gasteiger partial charge >= 0.3 is 0 Å². The van der Waals surface area contributed by atoms with E-state index in [-0.39, 0.29) is 0 Å². The van der Waals surface area contributed by atoms with Gasteiger partial charge in [-0.15, -0.1) is 0 Å². The van der Waals surface area contributed by atoms with Gasteiger partial charge in [-0.25, -0.2) is 0 Å². The van der Waals surface area contributed by atoms with E-state index in [0.717, 1.165) is 19.7 Å². The van der Waals surface area contributed by atoms with Gasteiger partial charge in [0.05, 0.1) is 6.10 Å². The first-order chi connectivity index (χ1) is 6.34. The standard InChI is InChI=1S/C10H20N2O/c11-9-3-1-5-12(7-9)8-10-4-2-6-13-10/h9-10H,1-8,11H2. The summed E-state index contributed by atoms with van der Waals surface area (Å²) in [5.41, 5.74) is 5.92. The average molecular weight is 184 g/mol. The fourth-order valence-electron chi connectivity index (χ4n) is 2.33. The SMILES string of the molecule is NC1CCCN(CC2CCCO2)C1. The minimum atomic E-state index is 0.398. The Kier molecular flexibility index (Phi) is 3.19. The second-order valence-corrected chi connectivity index (χ2v) is 4.30. The largest absolute Gasteiger partial charge is 0.377 e. The van der Waals surface area contributed by atoms with Gasteiger partial charge in [-0.05, 0) is 32.2 Å². The summed E-state index contributed by atoms with van der Waals surface area (Å²) in [7, 11) is 0. The molecule has 0 saturated carbocycles. The molecule has 0 spiro atoms. The van der Waals surface area contributed by atoms with E-state index in [1.807, 2.05) is 0 Å². The fourth-order valence-corrected chi connectivity index (χ4v) is 2.33. The second kappa shape index (κ2) is 4.40. The Morgan fingerprint density at radius 2 is 2.23 bits per heavy atom. The number of piperidine rings is 1. The molecule has 3 nitrogen and oxygen atoms in total. The number of nitrogens with zero attached hydrogens (tertiary/aromatic N) is 1. The smallest absolute Gasteiger partial charge is 0.0702 e. The predicted octanol–water partition coefficient (Wildman–Crippen LogP) is 0.588. The number of likely N-dealkylation sites (tertiary alicyclic amines) is 1. The van der Waals surface area contributed by atoms with E-state index in [4.69, 9.17) is 10.5 Å². The average Bonchev–Trinajstić information content (AvgIpc) is 2.57. The molecule has 2 aliphatic rings. The maximum absolute atomic E-state index is 5.92. The van der Waals surface area contributed by atoms with Crippen LogP contribution in [-0.2, 0) is 4.74 Å². The minimum absolute atomic E-state index is 0.398. The van der Waals surface area contributed by atoms with Gasteiger partial charge in [-0.1, -0.05) is 0 Å². The maximum Gasteiger partial charge on any atom is 0.0702 e. The Bertz CT molecular complexity index is 157. The molecule has 3 heteroatoms. The lowest BCUT2D eigenvalue weighted by Crippen LogP contribution is -2.45. The lowest BCUT2D eigenvalue weighted by molar-refractivity contribution is 0.0637. The van der Waals surface area contributed by atoms with Gasteiger partial charge < -0.3 is 10.5 Å². The monoisotopic (exact) mass is 184 g/mol. The van der Waals surface area contributed by atoms with E-state index >= 15 is 0 Å². The molecule has 2 heterocycles. The molecule has 0 aromatic carbocycles. The van der Waals surface area contributed by atoms with Gasteiger partial charge in [0.2, 0.25) is 0 Å². The summed E-state index contributed by atoms with van der Waals surface area (Å²) < 4.78 is 5.61. The third-order valence-corrected chi connectivity index (χ3v) is 3.03. The van der Waals surface area contributed by atoms with E-state index in [1.165, 1.54) is 32.2 Å². The van der Waals surface area contributed by atoms with Gasteiger partial charge in [-0.3, -0.25) is 4.90 Å². The van der Waals surface area contributed by atoms with E-state index in [1.54, 1.807) is 0 Å². The van der Waals surface area contributed by atoms with Crippen molar-refractivity contribution < 1.29 is 4.74 Å². The minimum Gasteiger partial charge on any atom is -0.377 e. The molecule has 2 aliphatic heterocycles. The fraction of sp³-hybridized carbons (Fsp3) is 1.00. The lowest BCUT2D eigenvalue weighted by Gasteiger charge is -2.32. The molecule has 2 rings (SSSR count). The Labute approximate surface area is 80.2 Å². The van der Waals surface area contributed by atoms with Crippen molar-refractivity contribution in [1.82, 2.24) is 4.90 Å². The molecule has 2 saturated heterocycles. The van der Waals surface area contributed by atoms with Crippen molar-refractivity contribution in [2.24, 2.45) is 5.73 Å². The molecular weight excluding hydrogens is 164 g/mol. The van der Waals surface area contributed by atoms with Crippen LogP contribution in [0.2, 0.25) is 0 Å². The van der Waals surface area contributed by atoms with Crippen LogP contribution in [0, 0.1) is 0 Å². The summed E-state index contributed by atoms with van der Waals surface area (Å²) in [5.74, 6) is 0. The summed E-state index contributed by atoms with van der Waals surface area (Å²) in [5, 5.41) is 0. The number of nitrogens with two attached hydrogens (primary N) is 1. The van der Waals surface area contributed by atoms with Crippen molar-refractivity contribution in [3.63, 3.8) is 0 Å². The molecule has 0 aromatic rings. The molecule has 2 unspecified atom stereocenters. The molecule has 2 N–H and O–H groups in total. The van der Waals surface area contributed by atoms with Crippen molar-refractivity contribution in [3.05, 3.63) is 0 Å². The highest BCUT2D eigenvalue weighted by atomic mass is 16.5. The number of hydrogen-bond donors (Lipinski definition) is 1. The van der Waals surface area contributed by atoms with Crippen molar-refractivity contribution in [2.45, 2.75) is 37.8 Å². The first-order valence-electron chi connectivity index (χ1n) is 5.44. The van der Waals surface area contributed by atoms with Gasteiger partial charge in [0.15, 0.2) is 0 Å². The summed E-state index contributed by atoms with van der Waals surface area (Å²) in [6, 6.07) is 0.398. The van der Waals surface area contributed by atoms with Crippen molar-refractivity contribution in [3.8, 4) is 0 Å². The third kappa shape index (κ3) is 2.66. The van der Waals surface area contributed by atoms with Crippen molar-refractivity contribution in [2.75, 3.05) is 26.2 Å². The Morgan fingerprint density at radius 1 is 1.31 bits per heavy atom. The second-order valence-electron chi connectivity index (χ2n) is 4.30. The van der Waals surface area contributed by atoms with Crippen LogP contribution in [0.25, 0.3) is 0 Å². The van der Waals surface area contributed by atoms with Crippen molar-refractivity contribution in [1.29, 1.82) is 0 Å². The molecule has 0 amide bonds. The van der Waals surface area contributed by atoms with Gasteiger partial charge in [0.1, 0.15) is 0 Å². The Hall–Kier alpha value is -0.120. The first kappa shape index (κ1) is 9.44. The van der Waals surface area contributed by atoms with Crippen LogP contribution in [0.5, 0.6) is 0 Å². The van der Waals surface area contributed by atoms with E-state index in [0.29, 0.717) is 12.1 Å². The number of ether oxygens (including phenoxy) is 1. The molecule has 0 radical (unpaired) electrons. The summed E-state index contributed by atoms with van der Waals surface area (Å²) in [4.78, 5) is 2.46. The van der Waals surface area contributed by atoms with Crippen LogP contribution in [0.1, 0.15) is 25.7 Å². The summed E-state index contributed by atoms with van der Waals surface area (Å²) in [6.07, 6.45) is 5.43. The molecule has 0 aromatic heterocycles. The lowest BCUT2D eigenvalue weighted by atomic mass is 10.1. The highest BCUT2D eigenvalue weighted by Gasteiger charge is 2.22. The van der Waals surface area contributed by atoms with E-state index in [9.17, 15) is 0 Å². The summed E-state index contributed by atoms with van der Waals surface area (Å²) in [6.45, 7) is 4.35. The Morgan fingerprint density at radius 3 is 2.92 bits per heavy atom. The predicted molar refractivity (Wildman–Crippen MR) is 52.6 cm³/mol. The highest BCUT2D eigenvalue weighted by Crippen LogP contribution is 2.16. The van der Waals surface area contributed by atoms with Crippen LogP contribution in [-0.4, -0.2) is 43.3 Å². The normalized spacial score (nSPS) is 36.7. The summed E-state index contributed by atoms with van der Waals surface area (Å²) >= 11 is 0. The molecule has 2 fully saturated rings. The van der Waals surface area contributed by atoms with Crippen molar-refractivity contribution >= 4 is 0 Å².